The third kappa shape index (κ3) is 3.13. The smallest absolute Gasteiger partial charge is 0.260 e. The molecule has 0 unspecified atom stereocenters. The Morgan fingerprint density at radius 3 is 2.59 bits per heavy atom. The van der Waals surface area contributed by atoms with E-state index in [4.69, 9.17) is 22.1 Å². The minimum atomic E-state index is -0.390. The van der Waals surface area contributed by atoms with Gasteiger partial charge >= 0.3 is 0 Å². The molecule has 27 heavy (non-hydrogen) atoms. The molecule has 0 aliphatic rings. The largest absolute Gasteiger partial charge is 0.506 e. The summed E-state index contributed by atoms with van der Waals surface area (Å²) in [5.74, 6) is 1.02. The zero-order chi connectivity index (χ0) is 19.1. The molecule has 4 rings (SSSR count). The van der Waals surface area contributed by atoms with E-state index in [1.807, 2.05) is 6.92 Å². The van der Waals surface area contributed by atoms with Gasteiger partial charge in [-0.05, 0) is 42.3 Å². The van der Waals surface area contributed by atoms with Gasteiger partial charge in [0, 0.05) is 11.8 Å². The molecule has 2 aromatic carbocycles. The van der Waals surface area contributed by atoms with Crippen LogP contribution in [0.5, 0.6) is 17.2 Å². The summed E-state index contributed by atoms with van der Waals surface area (Å²) >= 11 is 7.39. The second-order valence-corrected chi connectivity index (χ2v) is 7.71. The molecule has 0 aliphatic carbocycles. The standard InChI is InChI=1S/C20H15ClN2O3S/c1-10-15-17(24)16(19(25)23-20(15)27-18(10)21)11-4-2-6-13(8-11)26-14-7-3-5-12(22)9-14/h2-9H,22H2,1H3,(H2,23,24,25). The number of nitrogens with two attached hydrogens (primary N) is 1. The second-order valence-electron chi connectivity index (χ2n) is 6.09. The third-order valence-electron chi connectivity index (χ3n) is 4.23. The van der Waals surface area contributed by atoms with Gasteiger partial charge in [0.05, 0.1) is 15.3 Å². The van der Waals surface area contributed by atoms with Gasteiger partial charge in [-0.3, -0.25) is 4.79 Å². The van der Waals surface area contributed by atoms with Crippen molar-refractivity contribution in [2.75, 3.05) is 5.73 Å². The van der Waals surface area contributed by atoms with Crippen LogP contribution in [-0.4, -0.2) is 10.1 Å². The topological polar surface area (TPSA) is 88.3 Å². The van der Waals surface area contributed by atoms with Crippen LogP contribution < -0.4 is 16.0 Å². The van der Waals surface area contributed by atoms with Crippen LogP contribution in [0.15, 0.2) is 53.3 Å². The minimum Gasteiger partial charge on any atom is -0.506 e. The van der Waals surface area contributed by atoms with Crippen molar-refractivity contribution >= 4 is 38.8 Å². The number of benzene rings is 2. The quantitative estimate of drug-likeness (QED) is 0.408. The van der Waals surface area contributed by atoms with Crippen molar-refractivity contribution in [3.05, 3.63) is 68.8 Å². The molecular formula is C20H15ClN2O3S. The molecular weight excluding hydrogens is 384 g/mol. The highest BCUT2D eigenvalue weighted by Crippen LogP contribution is 2.41. The first-order valence-electron chi connectivity index (χ1n) is 8.11. The van der Waals surface area contributed by atoms with Crippen LogP contribution in [0.3, 0.4) is 0 Å². The predicted molar refractivity (Wildman–Crippen MR) is 110 cm³/mol. The molecule has 0 bridgehead atoms. The molecule has 5 nitrogen and oxygen atoms in total. The Balaban J connectivity index is 1.82. The van der Waals surface area contributed by atoms with Crippen LogP contribution in [0.25, 0.3) is 21.3 Å². The molecule has 2 aromatic heterocycles. The monoisotopic (exact) mass is 398 g/mol. The number of rotatable bonds is 3. The fourth-order valence-corrected chi connectivity index (χ4v) is 4.21. The van der Waals surface area contributed by atoms with E-state index < -0.39 is 0 Å². The Bertz CT molecular complexity index is 1230. The molecule has 136 valence electrons. The zero-order valence-electron chi connectivity index (χ0n) is 14.2. The number of aromatic amines is 1. The van der Waals surface area contributed by atoms with Gasteiger partial charge in [0.1, 0.15) is 22.1 Å². The van der Waals surface area contributed by atoms with Crippen molar-refractivity contribution in [1.82, 2.24) is 4.98 Å². The van der Waals surface area contributed by atoms with Gasteiger partial charge < -0.3 is 20.6 Å². The Morgan fingerprint density at radius 2 is 1.85 bits per heavy atom. The van der Waals surface area contributed by atoms with E-state index >= 15 is 0 Å². The van der Waals surface area contributed by atoms with Crippen LogP contribution >= 0.6 is 22.9 Å². The predicted octanol–water partition coefficient (Wildman–Crippen LogP) is 5.30. The van der Waals surface area contributed by atoms with E-state index in [0.717, 1.165) is 5.56 Å². The Kier molecular flexibility index (Phi) is 4.30. The average Bonchev–Trinajstić information content (AvgIpc) is 2.89. The summed E-state index contributed by atoms with van der Waals surface area (Å²) in [6.45, 7) is 1.81. The first kappa shape index (κ1) is 17.5. The molecule has 0 aliphatic heterocycles. The van der Waals surface area contributed by atoms with Gasteiger partial charge in [-0.25, -0.2) is 0 Å². The molecule has 0 atom stereocenters. The van der Waals surface area contributed by atoms with E-state index in [0.29, 0.717) is 37.3 Å². The molecule has 0 saturated heterocycles. The van der Waals surface area contributed by atoms with E-state index in [-0.39, 0.29) is 16.9 Å². The number of hydrogen-bond donors (Lipinski definition) is 3. The summed E-state index contributed by atoms with van der Waals surface area (Å²) < 4.78 is 6.36. The van der Waals surface area contributed by atoms with Crippen LogP contribution in [0.4, 0.5) is 5.69 Å². The summed E-state index contributed by atoms with van der Waals surface area (Å²) in [5, 5.41) is 11.3. The highest BCUT2D eigenvalue weighted by Gasteiger charge is 2.19. The summed E-state index contributed by atoms with van der Waals surface area (Å²) in [6.07, 6.45) is 0. The number of ether oxygens (including phenoxy) is 1. The maximum Gasteiger partial charge on any atom is 0.260 e. The Morgan fingerprint density at radius 1 is 1.15 bits per heavy atom. The molecule has 7 heteroatoms. The van der Waals surface area contributed by atoms with Gasteiger partial charge in [-0.1, -0.05) is 29.8 Å². The molecule has 0 radical (unpaired) electrons. The van der Waals surface area contributed by atoms with Crippen molar-refractivity contribution in [3.8, 4) is 28.4 Å². The van der Waals surface area contributed by atoms with Crippen LogP contribution in [0.2, 0.25) is 4.34 Å². The molecule has 2 heterocycles. The number of thiophene rings is 1. The molecule has 4 N–H and O–H groups in total. The lowest BCUT2D eigenvalue weighted by Gasteiger charge is -2.10. The number of aryl methyl sites for hydroxylation is 1. The van der Waals surface area contributed by atoms with E-state index in [1.165, 1.54) is 11.3 Å². The molecule has 0 fully saturated rings. The zero-order valence-corrected chi connectivity index (χ0v) is 15.8. The van der Waals surface area contributed by atoms with E-state index in [2.05, 4.69) is 4.98 Å². The van der Waals surface area contributed by atoms with Crippen molar-refractivity contribution in [2.45, 2.75) is 6.92 Å². The van der Waals surface area contributed by atoms with Gasteiger partial charge in [-0.2, -0.15) is 0 Å². The number of H-pyrrole nitrogens is 1. The summed E-state index contributed by atoms with van der Waals surface area (Å²) in [4.78, 5) is 15.9. The number of nitrogens with one attached hydrogen (secondary N) is 1. The number of halogens is 1. The number of aromatic nitrogens is 1. The summed E-state index contributed by atoms with van der Waals surface area (Å²) in [5.41, 5.74) is 7.43. The van der Waals surface area contributed by atoms with Crippen molar-refractivity contribution in [2.24, 2.45) is 0 Å². The first-order valence-corrected chi connectivity index (χ1v) is 9.31. The third-order valence-corrected chi connectivity index (χ3v) is 5.74. The van der Waals surface area contributed by atoms with Gasteiger partial charge in [0.15, 0.2) is 0 Å². The van der Waals surface area contributed by atoms with Crippen LogP contribution in [-0.2, 0) is 0 Å². The molecule has 0 amide bonds. The number of hydrogen-bond acceptors (Lipinski definition) is 5. The average molecular weight is 399 g/mol. The lowest BCUT2D eigenvalue weighted by atomic mass is 10.0. The number of anilines is 1. The fraction of sp³-hybridized carbons (Fsp3) is 0.0500. The second kappa shape index (κ2) is 6.64. The number of nitrogen functional groups attached to an aromatic ring is 1. The first-order chi connectivity index (χ1) is 12.9. The SMILES string of the molecule is Cc1c(Cl)sc2[nH]c(=O)c(-c3cccc(Oc4cccc(N)c4)c3)c(O)c12. The van der Waals surface area contributed by atoms with E-state index in [9.17, 15) is 9.90 Å². The summed E-state index contributed by atoms with van der Waals surface area (Å²) in [7, 11) is 0. The van der Waals surface area contributed by atoms with Gasteiger partial charge in [-0.15, -0.1) is 11.3 Å². The lowest BCUT2D eigenvalue weighted by Crippen LogP contribution is -2.08. The highest BCUT2D eigenvalue weighted by atomic mass is 35.5. The summed E-state index contributed by atoms with van der Waals surface area (Å²) in [6, 6.07) is 14.0. The number of fused-ring (bicyclic) bond motifs is 1. The lowest BCUT2D eigenvalue weighted by molar-refractivity contribution is 0.481. The van der Waals surface area contributed by atoms with Gasteiger partial charge in [0.25, 0.3) is 5.56 Å². The van der Waals surface area contributed by atoms with E-state index in [1.54, 1.807) is 48.5 Å². The number of pyridine rings is 1. The normalized spacial score (nSPS) is 11.0. The van der Waals surface area contributed by atoms with Crippen LogP contribution in [0, 0.1) is 6.92 Å². The maximum absolute atomic E-state index is 12.6. The van der Waals surface area contributed by atoms with Crippen LogP contribution in [0.1, 0.15) is 5.56 Å². The minimum absolute atomic E-state index is 0.0875. The Labute approximate surface area is 163 Å². The van der Waals surface area contributed by atoms with Crippen molar-refractivity contribution in [3.63, 3.8) is 0 Å². The maximum atomic E-state index is 12.6. The highest BCUT2D eigenvalue weighted by molar-refractivity contribution is 7.22. The van der Waals surface area contributed by atoms with Crippen molar-refractivity contribution < 1.29 is 9.84 Å². The molecule has 0 spiro atoms. The Hall–Kier alpha value is -2.96. The van der Waals surface area contributed by atoms with Gasteiger partial charge in [0.2, 0.25) is 0 Å². The number of aromatic hydroxyl groups is 1. The fourth-order valence-electron chi connectivity index (χ4n) is 2.95. The van der Waals surface area contributed by atoms with Crippen molar-refractivity contribution in [1.29, 1.82) is 0 Å². The molecule has 4 aromatic rings. The molecule has 0 saturated carbocycles.